The standard InChI is InChI=1S/C21H20N2O6/c1-13(24)29-17-5-3-2-4-16(17)21(26)22-10-14-8-20(25)23(11-14)15-6-7-18-19(9-15)28-12-27-18/h2-7,9,14H,8,10-12H2,1H3,(H,22,26). The number of ether oxygens (including phenoxy) is 3. The maximum absolute atomic E-state index is 12.5. The van der Waals surface area contributed by atoms with Gasteiger partial charge in [0.1, 0.15) is 5.75 Å². The van der Waals surface area contributed by atoms with Crippen molar-refractivity contribution in [2.24, 2.45) is 5.92 Å². The van der Waals surface area contributed by atoms with E-state index in [0.717, 1.165) is 5.69 Å². The highest BCUT2D eigenvalue weighted by Gasteiger charge is 2.32. The molecule has 8 heteroatoms. The fraction of sp³-hybridized carbons (Fsp3) is 0.286. The molecule has 4 rings (SSSR count). The van der Waals surface area contributed by atoms with Crippen LogP contribution in [-0.4, -0.2) is 37.7 Å². The Labute approximate surface area is 167 Å². The van der Waals surface area contributed by atoms with E-state index >= 15 is 0 Å². The number of carbonyl (C=O) groups excluding carboxylic acids is 3. The van der Waals surface area contributed by atoms with Gasteiger partial charge in [-0.2, -0.15) is 0 Å². The normalized spacial score (nSPS) is 17.3. The van der Waals surface area contributed by atoms with Crippen LogP contribution >= 0.6 is 0 Å². The number of para-hydroxylation sites is 1. The van der Waals surface area contributed by atoms with Gasteiger partial charge in [0.05, 0.1) is 5.56 Å². The van der Waals surface area contributed by atoms with Crippen LogP contribution in [0.25, 0.3) is 0 Å². The minimum absolute atomic E-state index is 0.0107. The number of esters is 1. The van der Waals surface area contributed by atoms with Crippen molar-refractivity contribution in [3.05, 3.63) is 48.0 Å². The van der Waals surface area contributed by atoms with Crippen molar-refractivity contribution in [3.63, 3.8) is 0 Å². The molecule has 0 bridgehead atoms. The van der Waals surface area contributed by atoms with Crippen LogP contribution in [0.1, 0.15) is 23.7 Å². The van der Waals surface area contributed by atoms with E-state index in [4.69, 9.17) is 14.2 Å². The van der Waals surface area contributed by atoms with E-state index in [1.165, 1.54) is 6.92 Å². The van der Waals surface area contributed by atoms with Crippen LogP contribution in [0.2, 0.25) is 0 Å². The number of anilines is 1. The Morgan fingerprint density at radius 3 is 2.79 bits per heavy atom. The van der Waals surface area contributed by atoms with E-state index in [1.807, 2.05) is 6.07 Å². The van der Waals surface area contributed by atoms with Crippen LogP contribution < -0.4 is 24.4 Å². The number of rotatable bonds is 5. The first-order valence-electron chi connectivity index (χ1n) is 9.27. The second-order valence-electron chi connectivity index (χ2n) is 6.91. The number of carbonyl (C=O) groups is 3. The SMILES string of the molecule is CC(=O)Oc1ccccc1C(=O)NCC1CC(=O)N(c2ccc3c(c2)OCO3)C1. The molecule has 0 spiro atoms. The zero-order valence-corrected chi connectivity index (χ0v) is 15.8. The molecule has 0 aliphatic carbocycles. The molecule has 2 aliphatic heterocycles. The number of hydrogen-bond acceptors (Lipinski definition) is 6. The van der Waals surface area contributed by atoms with Crippen LogP contribution in [0.15, 0.2) is 42.5 Å². The van der Waals surface area contributed by atoms with E-state index in [0.29, 0.717) is 31.0 Å². The van der Waals surface area contributed by atoms with E-state index in [2.05, 4.69) is 5.32 Å². The molecule has 1 N–H and O–H groups in total. The number of amides is 2. The summed E-state index contributed by atoms with van der Waals surface area (Å²) in [7, 11) is 0. The molecule has 0 saturated carbocycles. The molecule has 1 fully saturated rings. The van der Waals surface area contributed by atoms with Crippen LogP contribution in [-0.2, 0) is 9.59 Å². The molecule has 0 radical (unpaired) electrons. The second-order valence-corrected chi connectivity index (χ2v) is 6.91. The first-order chi connectivity index (χ1) is 14.0. The average Bonchev–Trinajstić information content (AvgIpc) is 3.31. The van der Waals surface area contributed by atoms with Crippen molar-refractivity contribution in [2.45, 2.75) is 13.3 Å². The predicted molar refractivity (Wildman–Crippen MR) is 103 cm³/mol. The quantitative estimate of drug-likeness (QED) is 0.615. The van der Waals surface area contributed by atoms with Crippen molar-refractivity contribution in [2.75, 3.05) is 24.8 Å². The first kappa shape index (κ1) is 18.8. The lowest BCUT2D eigenvalue weighted by Crippen LogP contribution is -2.31. The minimum atomic E-state index is -0.494. The lowest BCUT2D eigenvalue weighted by atomic mass is 10.1. The van der Waals surface area contributed by atoms with Gasteiger partial charge in [0.2, 0.25) is 12.7 Å². The van der Waals surface area contributed by atoms with Gasteiger partial charge in [-0.05, 0) is 24.3 Å². The second kappa shape index (κ2) is 7.83. The van der Waals surface area contributed by atoms with Crippen LogP contribution in [0.4, 0.5) is 5.69 Å². The summed E-state index contributed by atoms with van der Waals surface area (Å²) in [5.41, 5.74) is 1.02. The Bertz CT molecular complexity index is 973. The van der Waals surface area contributed by atoms with E-state index in [1.54, 1.807) is 41.3 Å². The highest BCUT2D eigenvalue weighted by molar-refractivity contribution is 5.98. The summed E-state index contributed by atoms with van der Waals surface area (Å²) >= 11 is 0. The Hall–Kier alpha value is -3.55. The zero-order chi connectivity index (χ0) is 20.4. The number of benzene rings is 2. The molecule has 150 valence electrons. The Kier molecular flexibility index (Phi) is 5.07. The Balaban J connectivity index is 1.38. The number of nitrogens with one attached hydrogen (secondary N) is 1. The van der Waals surface area contributed by atoms with E-state index in [-0.39, 0.29) is 35.8 Å². The van der Waals surface area contributed by atoms with Gasteiger partial charge in [-0.25, -0.2) is 0 Å². The molecule has 8 nitrogen and oxygen atoms in total. The largest absolute Gasteiger partial charge is 0.454 e. The van der Waals surface area contributed by atoms with Crippen molar-refractivity contribution >= 4 is 23.5 Å². The zero-order valence-electron chi connectivity index (χ0n) is 15.8. The smallest absolute Gasteiger partial charge is 0.308 e. The van der Waals surface area contributed by atoms with Crippen molar-refractivity contribution in [1.82, 2.24) is 5.32 Å². The maximum Gasteiger partial charge on any atom is 0.308 e. The van der Waals surface area contributed by atoms with Crippen molar-refractivity contribution in [3.8, 4) is 17.2 Å². The summed E-state index contributed by atoms with van der Waals surface area (Å²) in [6, 6.07) is 11.9. The van der Waals surface area contributed by atoms with Crippen LogP contribution in [0, 0.1) is 5.92 Å². The Morgan fingerprint density at radius 1 is 1.17 bits per heavy atom. The molecule has 2 heterocycles. The van der Waals surface area contributed by atoms with Gasteiger partial charge in [0, 0.05) is 44.1 Å². The van der Waals surface area contributed by atoms with Gasteiger partial charge >= 0.3 is 5.97 Å². The molecule has 1 unspecified atom stereocenters. The monoisotopic (exact) mass is 396 g/mol. The summed E-state index contributed by atoms with van der Waals surface area (Å²) in [5, 5.41) is 2.83. The van der Waals surface area contributed by atoms with Crippen molar-refractivity contribution in [1.29, 1.82) is 0 Å². The van der Waals surface area contributed by atoms with Gasteiger partial charge in [-0.15, -0.1) is 0 Å². The molecule has 1 saturated heterocycles. The summed E-state index contributed by atoms with van der Waals surface area (Å²) in [5.74, 6) is 0.606. The summed E-state index contributed by atoms with van der Waals surface area (Å²) in [4.78, 5) is 37.9. The molecule has 29 heavy (non-hydrogen) atoms. The number of nitrogens with zero attached hydrogens (tertiary/aromatic N) is 1. The highest BCUT2D eigenvalue weighted by atomic mass is 16.7. The third-order valence-electron chi connectivity index (χ3n) is 4.81. The third kappa shape index (κ3) is 4.01. The van der Waals surface area contributed by atoms with Gasteiger partial charge in [0.25, 0.3) is 5.91 Å². The molecule has 2 aromatic rings. The number of hydrogen-bond donors (Lipinski definition) is 1. The number of fused-ring (bicyclic) bond motifs is 1. The summed E-state index contributed by atoms with van der Waals surface area (Å²) in [6.45, 7) is 2.28. The van der Waals surface area contributed by atoms with E-state index < -0.39 is 5.97 Å². The van der Waals surface area contributed by atoms with Crippen LogP contribution in [0.3, 0.4) is 0 Å². The van der Waals surface area contributed by atoms with Gasteiger partial charge in [0.15, 0.2) is 11.5 Å². The first-order valence-corrected chi connectivity index (χ1v) is 9.27. The fourth-order valence-electron chi connectivity index (χ4n) is 3.45. The van der Waals surface area contributed by atoms with Gasteiger partial charge < -0.3 is 24.4 Å². The molecule has 0 aromatic heterocycles. The third-order valence-corrected chi connectivity index (χ3v) is 4.81. The molecule has 2 aromatic carbocycles. The minimum Gasteiger partial charge on any atom is -0.454 e. The van der Waals surface area contributed by atoms with E-state index in [9.17, 15) is 14.4 Å². The van der Waals surface area contributed by atoms with Gasteiger partial charge in [-0.3, -0.25) is 14.4 Å². The molecule has 2 aliphatic rings. The molecular formula is C21H20N2O6. The maximum atomic E-state index is 12.5. The molecular weight excluding hydrogens is 376 g/mol. The lowest BCUT2D eigenvalue weighted by molar-refractivity contribution is -0.131. The van der Waals surface area contributed by atoms with Crippen molar-refractivity contribution < 1.29 is 28.6 Å². The Morgan fingerprint density at radius 2 is 1.97 bits per heavy atom. The topological polar surface area (TPSA) is 94.2 Å². The average molecular weight is 396 g/mol. The molecule has 2 amide bonds. The lowest BCUT2D eigenvalue weighted by Gasteiger charge is -2.17. The predicted octanol–water partition coefficient (Wildman–Crippen LogP) is 2.12. The summed E-state index contributed by atoms with van der Waals surface area (Å²) in [6.07, 6.45) is 0.334. The molecule has 1 atom stereocenters. The summed E-state index contributed by atoms with van der Waals surface area (Å²) < 4.78 is 15.8. The highest BCUT2D eigenvalue weighted by Crippen LogP contribution is 2.37. The van der Waals surface area contributed by atoms with Crippen LogP contribution in [0.5, 0.6) is 17.2 Å². The van der Waals surface area contributed by atoms with Gasteiger partial charge in [-0.1, -0.05) is 12.1 Å². The fourth-order valence-corrected chi connectivity index (χ4v) is 3.45.